The van der Waals surface area contributed by atoms with Crippen LogP contribution in [0.25, 0.3) is 0 Å². The van der Waals surface area contributed by atoms with Gasteiger partial charge in [-0.3, -0.25) is 4.99 Å². The van der Waals surface area contributed by atoms with Gasteiger partial charge in [0, 0.05) is 38.8 Å². The highest BCUT2D eigenvalue weighted by atomic mass is 127. The summed E-state index contributed by atoms with van der Waals surface area (Å²) in [6.45, 7) is 0.207. The first-order valence-electron chi connectivity index (χ1n) is 7.00. The van der Waals surface area contributed by atoms with Crippen LogP contribution in [0.1, 0.15) is 12.0 Å². The lowest BCUT2D eigenvalue weighted by molar-refractivity contribution is -0.132. The molecule has 0 aliphatic rings. The third-order valence-electron chi connectivity index (χ3n) is 3.17. The Morgan fingerprint density at radius 1 is 1.25 bits per heavy atom. The smallest absolute Gasteiger partial charge is 0.390 e. The van der Waals surface area contributed by atoms with Gasteiger partial charge < -0.3 is 19.7 Å². The Morgan fingerprint density at radius 2 is 1.92 bits per heavy atom. The lowest BCUT2D eigenvalue weighted by atomic mass is 10.2. The topological polar surface area (TPSA) is 46.1 Å². The lowest BCUT2D eigenvalue weighted by Crippen LogP contribution is -2.39. The van der Waals surface area contributed by atoms with Gasteiger partial charge in [-0.2, -0.15) is 13.2 Å². The number of guanidine groups is 1. The molecule has 9 heteroatoms. The first kappa shape index (κ1) is 22.6. The van der Waals surface area contributed by atoms with Gasteiger partial charge in [-0.05, 0) is 12.1 Å². The van der Waals surface area contributed by atoms with E-state index in [0.717, 1.165) is 5.56 Å². The van der Waals surface area contributed by atoms with Gasteiger partial charge in [-0.1, -0.05) is 0 Å². The van der Waals surface area contributed by atoms with Gasteiger partial charge in [0.05, 0.1) is 20.6 Å². The third-order valence-corrected chi connectivity index (χ3v) is 3.17. The molecule has 0 unspecified atom stereocenters. The SMILES string of the molecule is CN=C(NCCC(F)(F)F)N(C)Cc1ccc(OC)cc1OC.I. The minimum atomic E-state index is -4.19. The first-order valence-corrected chi connectivity index (χ1v) is 7.00. The van der Waals surface area contributed by atoms with Crippen molar-refractivity contribution in [1.82, 2.24) is 10.2 Å². The van der Waals surface area contributed by atoms with Crippen LogP contribution in [0.4, 0.5) is 13.2 Å². The van der Waals surface area contributed by atoms with E-state index in [1.165, 1.54) is 7.05 Å². The van der Waals surface area contributed by atoms with Gasteiger partial charge in [0.25, 0.3) is 0 Å². The van der Waals surface area contributed by atoms with E-state index in [1.54, 1.807) is 38.3 Å². The predicted octanol–water partition coefficient (Wildman–Crippen LogP) is 3.28. The molecule has 1 aromatic carbocycles. The third kappa shape index (κ3) is 7.45. The Hall–Kier alpha value is -1.39. The van der Waals surface area contributed by atoms with Crippen molar-refractivity contribution in [3.05, 3.63) is 23.8 Å². The zero-order valence-corrected chi connectivity index (χ0v) is 16.4. The van der Waals surface area contributed by atoms with Crippen LogP contribution in [0.3, 0.4) is 0 Å². The Balaban J connectivity index is 0.00000529. The molecule has 138 valence electrons. The molecule has 0 aliphatic heterocycles. The fourth-order valence-corrected chi connectivity index (χ4v) is 2.01. The van der Waals surface area contributed by atoms with Crippen molar-refractivity contribution in [2.45, 2.75) is 19.1 Å². The quantitative estimate of drug-likeness (QED) is 0.402. The number of aliphatic imine (C=N–C) groups is 1. The molecular formula is C15H23F3IN3O2. The summed E-state index contributed by atoms with van der Waals surface area (Å²) in [6.07, 6.45) is -5.10. The fourth-order valence-electron chi connectivity index (χ4n) is 2.01. The largest absolute Gasteiger partial charge is 0.497 e. The van der Waals surface area contributed by atoms with E-state index in [0.29, 0.717) is 24.0 Å². The summed E-state index contributed by atoms with van der Waals surface area (Å²) in [5.74, 6) is 1.69. The molecule has 0 atom stereocenters. The first-order chi connectivity index (χ1) is 10.8. The summed E-state index contributed by atoms with van der Waals surface area (Å²) in [6, 6.07) is 5.39. The van der Waals surface area contributed by atoms with E-state index >= 15 is 0 Å². The van der Waals surface area contributed by atoms with Gasteiger partial charge in [0.15, 0.2) is 5.96 Å². The number of benzene rings is 1. The van der Waals surface area contributed by atoms with Crippen molar-refractivity contribution < 1.29 is 22.6 Å². The molecule has 1 aromatic rings. The average molecular weight is 461 g/mol. The van der Waals surface area contributed by atoms with Crippen molar-refractivity contribution in [2.24, 2.45) is 4.99 Å². The Bertz CT molecular complexity index is 539. The van der Waals surface area contributed by atoms with Crippen LogP contribution in [-0.2, 0) is 6.54 Å². The zero-order chi connectivity index (χ0) is 17.5. The Morgan fingerprint density at radius 3 is 2.42 bits per heavy atom. The van der Waals surface area contributed by atoms with Crippen LogP contribution in [0, 0.1) is 0 Å². The molecule has 0 spiro atoms. The van der Waals surface area contributed by atoms with Crippen molar-refractivity contribution in [2.75, 3.05) is 34.9 Å². The van der Waals surface area contributed by atoms with E-state index in [1.807, 2.05) is 6.07 Å². The highest BCUT2D eigenvalue weighted by Gasteiger charge is 2.26. The van der Waals surface area contributed by atoms with Crippen LogP contribution < -0.4 is 14.8 Å². The molecule has 24 heavy (non-hydrogen) atoms. The molecule has 0 saturated heterocycles. The molecule has 1 rings (SSSR count). The molecule has 0 fully saturated rings. The van der Waals surface area contributed by atoms with E-state index in [4.69, 9.17) is 9.47 Å². The normalized spacial score (nSPS) is 11.5. The van der Waals surface area contributed by atoms with E-state index < -0.39 is 12.6 Å². The number of alkyl halides is 3. The number of nitrogens with one attached hydrogen (secondary N) is 1. The summed E-state index contributed by atoms with van der Waals surface area (Å²) in [5.41, 5.74) is 0.870. The zero-order valence-electron chi connectivity index (χ0n) is 14.1. The monoisotopic (exact) mass is 461 g/mol. The molecule has 0 radical (unpaired) electrons. The number of hydrogen-bond acceptors (Lipinski definition) is 3. The van der Waals surface area contributed by atoms with Gasteiger partial charge in [0.1, 0.15) is 11.5 Å². The van der Waals surface area contributed by atoms with E-state index in [2.05, 4.69) is 10.3 Å². The maximum Gasteiger partial charge on any atom is 0.390 e. The van der Waals surface area contributed by atoms with Gasteiger partial charge in [-0.15, -0.1) is 24.0 Å². The molecule has 0 aromatic heterocycles. The summed E-state index contributed by atoms with van der Waals surface area (Å²) in [7, 11) is 6.38. The Kier molecular flexibility index (Phi) is 9.86. The Labute approximate surface area is 157 Å². The van der Waals surface area contributed by atoms with Crippen LogP contribution in [0.5, 0.6) is 11.5 Å². The molecule has 0 aliphatic carbocycles. The van der Waals surface area contributed by atoms with Gasteiger partial charge in [0.2, 0.25) is 0 Å². The van der Waals surface area contributed by atoms with E-state index in [9.17, 15) is 13.2 Å². The maximum absolute atomic E-state index is 12.2. The van der Waals surface area contributed by atoms with Crippen molar-refractivity contribution in [1.29, 1.82) is 0 Å². The summed E-state index contributed by atoms with van der Waals surface area (Å²) >= 11 is 0. The van der Waals surface area contributed by atoms with Gasteiger partial charge in [-0.25, -0.2) is 0 Å². The molecule has 5 nitrogen and oxygen atoms in total. The number of methoxy groups -OCH3 is 2. The van der Waals surface area contributed by atoms with E-state index in [-0.39, 0.29) is 30.5 Å². The van der Waals surface area contributed by atoms with Crippen molar-refractivity contribution in [3.63, 3.8) is 0 Å². The lowest BCUT2D eigenvalue weighted by Gasteiger charge is -2.23. The fraction of sp³-hybridized carbons (Fsp3) is 0.533. The highest BCUT2D eigenvalue weighted by molar-refractivity contribution is 14.0. The molecule has 0 amide bonds. The van der Waals surface area contributed by atoms with Gasteiger partial charge >= 0.3 is 6.18 Å². The standard InChI is InChI=1S/C15H22F3N3O2.HI/c1-19-14(20-8-7-15(16,17)18)21(2)10-11-5-6-12(22-3)9-13(11)23-4;/h5-6,9H,7-8,10H2,1-4H3,(H,19,20);1H. The molecule has 0 bridgehead atoms. The number of halogens is 4. The minimum Gasteiger partial charge on any atom is -0.497 e. The van der Waals surface area contributed by atoms with Crippen LogP contribution in [0.2, 0.25) is 0 Å². The van der Waals surface area contributed by atoms with Crippen LogP contribution >= 0.6 is 24.0 Å². The summed E-state index contributed by atoms with van der Waals surface area (Å²) in [4.78, 5) is 5.71. The summed E-state index contributed by atoms with van der Waals surface area (Å²) in [5, 5.41) is 2.70. The van der Waals surface area contributed by atoms with Crippen molar-refractivity contribution >= 4 is 29.9 Å². The minimum absolute atomic E-state index is 0. The molecule has 0 heterocycles. The second-order valence-corrected chi connectivity index (χ2v) is 4.87. The average Bonchev–Trinajstić information content (AvgIpc) is 2.50. The van der Waals surface area contributed by atoms with Crippen molar-refractivity contribution in [3.8, 4) is 11.5 Å². The molecular weight excluding hydrogens is 438 g/mol. The number of ether oxygens (including phenoxy) is 2. The molecule has 1 N–H and O–H groups in total. The van der Waals surface area contributed by atoms with Crippen LogP contribution in [0.15, 0.2) is 23.2 Å². The number of nitrogens with zero attached hydrogens (tertiary/aromatic N) is 2. The highest BCUT2D eigenvalue weighted by Crippen LogP contribution is 2.25. The van der Waals surface area contributed by atoms with Crippen LogP contribution in [-0.4, -0.2) is 51.9 Å². The number of rotatable bonds is 6. The second-order valence-electron chi connectivity index (χ2n) is 4.87. The number of hydrogen-bond donors (Lipinski definition) is 1. The second kappa shape index (κ2) is 10.5. The molecule has 0 saturated carbocycles. The predicted molar refractivity (Wildman–Crippen MR) is 98.5 cm³/mol. The maximum atomic E-state index is 12.2. The summed E-state index contributed by atoms with van der Waals surface area (Å²) < 4.78 is 47.1.